The molecule has 0 saturated heterocycles. The van der Waals surface area contributed by atoms with Crippen LogP contribution in [0.25, 0.3) is 0 Å². The minimum Gasteiger partial charge on any atom is -0.493 e. The SMILES string of the molecule is COc1ccc(CN(Cc2ccco2)C(=O)c2ccccc2F)cc1OS(=O)(=O)c1cccc(C(F)(F)F)c1. The van der Waals surface area contributed by atoms with Gasteiger partial charge in [0, 0.05) is 6.54 Å². The molecule has 39 heavy (non-hydrogen) atoms. The fraction of sp³-hybridized carbons (Fsp3) is 0.148. The Balaban J connectivity index is 1.66. The van der Waals surface area contributed by atoms with Crippen molar-refractivity contribution in [1.29, 1.82) is 0 Å². The van der Waals surface area contributed by atoms with Crippen molar-refractivity contribution < 1.29 is 44.1 Å². The second-order valence-electron chi connectivity index (χ2n) is 8.27. The summed E-state index contributed by atoms with van der Waals surface area (Å²) in [6.45, 7) is -0.164. The zero-order valence-corrected chi connectivity index (χ0v) is 21.1. The molecule has 0 N–H and O–H groups in total. The first-order valence-corrected chi connectivity index (χ1v) is 12.7. The van der Waals surface area contributed by atoms with Gasteiger partial charge in [-0.25, -0.2) is 4.39 Å². The molecular weight excluding hydrogens is 542 g/mol. The summed E-state index contributed by atoms with van der Waals surface area (Å²) in [5.74, 6) is -1.30. The fourth-order valence-corrected chi connectivity index (χ4v) is 4.67. The summed E-state index contributed by atoms with van der Waals surface area (Å²) in [7, 11) is -3.45. The third kappa shape index (κ3) is 6.58. The van der Waals surface area contributed by atoms with Crippen LogP contribution in [0, 0.1) is 5.82 Å². The number of carbonyl (C=O) groups excluding carboxylic acids is 1. The van der Waals surface area contributed by atoms with Gasteiger partial charge in [-0.2, -0.15) is 21.6 Å². The molecule has 4 rings (SSSR count). The molecule has 204 valence electrons. The molecule has 7 nitrogen and oxygen atoms in total. The topological polar surface area (TPSA) is 86.0 Å². The second kappa shape index (κ2) is 11.2. The highest BCUT2D eigenvalue weighted by molar-refractivity contribution is 7.87. The molecule has 0 aliphatic heterocycles. The van der Waals surface area contributed by atoms with Gasteiger partial charge in [-0.15, -0.1) is 0 Å². The number of methoxy groups -OCH3 is 1. The molecule has 1 aromatic heterocycles. The molecule has 0 atom stereocenters. The third-order valence-electron chi connectivity index (χ3n) is 5.57. The van der Waals surface area contributed by atoms with Crippen molar-refractivity contribution in [2.75, 3.05) is 7.11 Å². The summed E-state index contributed by atoms with van der Waals surface area (Å²) < 4.78 is 95.1. The molecule has 0 aliphatic carbocycles. The number of halogens is 4. The van der Waals surface area contributed by atoms with E-state index >= 15 is 0 Å². The van der Waals surface area contributed by atoms with Gasteiger partial charge >= 0.3 is 16.3 Å². The van der Waals surface area contributed by atoms with E-state index in [1.165, 1.54) is 54.7 Å². The third-order valence-corrected chi connectivity index (χ3v) is 6.80. The van der Waals surface area contributed by atoms with Gasteiger partial charge in [-0.1, -0.05) is 24.3 Å². The molecule has 1 amide bonds. The predicted molar refractivity (Wildman–Crippen MR) is 131 cm³/mol. The monoisotopic (exact) mass is 563 g/mol. The van der Waals surface area contributed by atoms with Crippen LogP contribution in [0.5, 0.6) is 11.5 Å². The van der Waals surface area contributed by atoms with Crippen molar-refractivity contribution in [3.05, 3.63) is 113 Å². The predicted octanol–water partition coefficient (Wildman–Crippen LogP) is 6.06. The van der Waals surface area contributed by atoms with Crippen LogP contribution >= 0.6 is 0 Å². The maximum absolute atomic E-state index is 14.4. The number of hydrogen-bond acceptors (Lipinski definition) is 6. The molecule has 0 saturated carbocycles. The summed E-state index contributed by atoms with van der Waals surface area (Å²) in [4.78, 5) is 13.8. The van der Waals surface area contributed by atoms with E-state index in [4.69, 9.17) is 13.3 Å². The largest absolute Gasteiger partial charge is 0.493 e. The second-order valence-corrected chi connectivity index (χ2v) is 9.82. The number of furan rings is 1. The lowest BCUT2D eigenvalue weighted by Gasteiger charge is -2.23. The Bertz CT molecular complexity index is 1570. The summed E-state index contributed by atoms with van der Waals surface area (Å²) in [5.41, 5.74) is -0.976. The zero-order chi connectivity index (χ0) is 28.2. The summed E-state index contributed by atoms with van der Waals surface area (Å²) >= 11 is 0. The summed E-state index contributed by atoms with van der Waals surface area (Å²) in [6.07, 6.45) is -3.34. The molecular formula is C27H21F4NO6S. The van der Waals surface area contributed by atoms with E-state index in [0.717, 1.165) is 24.3 Å². The molecule has 1 heterocycles. The molecule has 0 aliphatic rings. The van der Waals surface area contributed by atoms with Gasteiger partial charge in [0.05, 0.1) is 31.0 Å². The van der Waals surface area contributed by atoms with Crippen molar-refractivity contribution >= 4 is 16.0 Å². The Morgan fingerprint density at radius 1 is 0.923 bits per heavy atom. The van der Waals surface area contributed by atoms with Crippen molar-refractivity contribution in [1.82, 2.24) is 4.90 Å². The van der Waals surface area contributed by atoms with Gasteiger partial charge < -0.3 is 18.2 Å². The Kier molecular flexibility index (Phi) is 7.95. The Morgan fingerprint density at radius 3 is 2.36 bits per heavy atom. The number of benzene rings is 3. The van der Waals surface area contributed by atoms with Crippen LogP contribution in [0.1, 0.15) is 27.2 Å². The molecule has 0 unspecified atom stereocenters. The molecule has 4 aromatic rings. The molecule has 3 aromatic carbocycles. The standard InChI is InChI=1S/C27H21F4NO6S/c1-36-24-12-11-18(14-25(24)38-39(34,35)21-8-4-6-19(15-21)27(29,30)31)16-32(17-20-7-5-13-37-20)26(33)22-9-2-3-10-23(22)28/h2-15H,16-17H2,1H3. The Hall–Kier alpha value is -4.32. The number of hydrogen-bond donors (Lipinski definition) is 0. The first-order chi connectivity index (χ1) is 18.5. The smallest absolute Gasteiger partial charge is 0.416 e. The van der Waals surface area contributed by atoms with Crippen LogP contribution in [0.3, 0.4) is 0 Å². The van der Waals surface area contributed by atoms with Gasteiger partial charge in [-0.3, -0.25) is 4.79 Å². The van der Waals surface area contributed by atoms with E-state index in [1.807, 2.05) is 0 Å². The van der Waals surface area contributed by atoms with Crippen molar-refractivity contribution in [3.8, 4) is 11.5 Å². The lowest BCUT2D eigenvalue weighted by atomic mass is 10.1. The maximum Gasteiger partial charge on any atom is 0.416 e. The van der Waals surface area contributed by atoms with Gasteiger partial charge in [0.2, 0.25) is 0 Å². The van der Waals surface area contributed by atoms with Gasteiger partial charge in [0.15, 0.2) is 11.5 Å². The molecule has 0 fully saturated rings. The van der Waals surface area contributed by atoms with Crippen molar-refractivity contribution in [3.63, 3.8) is 0 Å². The van der Waals surface area contributed by atoms with E-state index in [-0.39, 0.29) is 30.2 Å². The van der Waals surface area contributed by atoms with Crippen LogP contribution in [-0.2, 0) is 29.4 Å². The molecule has 12 heteroatoms. The fourth-order valence-electron chi connectivity index (χ4n) is 3.69. The van der Waals surface area contributed by atoms with E-state index < -0.39 is 38.5 Å². The van der Waals surface area contributed by atoms with E-state index in [0.29, 0.717) is 17.4 Å². The van der Waals surface area contributed by atoms with E-state index in [2.05, 4.69) is 0 Å². The average Bonchev–Trinajstić information content (AvgIpc) is 3.41. The minimum atomic E-state index is -4.76. The van der Waals surface area contributed by atoms with Crippen LogP contribution in [0.15, 0.2) is 94.4 Å². The van der Waals surface area contributed by atoms with Crippen LogP contribution in [0.2, 0.25) is 0 Å². The van der Waals surface area contributed by atoms with Gasteiger partial charge in [0.1, 0.15) is 16.5 Å². The lowest BCUT2D eigenvalue weighted by molar-refractivity contribution is -0.137. The van der Waals surface area contributed by atoms with Gasteiger partial charge in [0.25, 0.3) is 5.91 Å². The molecule has 0 radical (unpaired) electrons. The summed E-state index contributed by atoms with van der Waals surface area (Å²) in [6, 6.07) is 16.0. The highest BCUT2D eigenvalue weighted by atomic mass is 32.2. The Morgan fingerprint density at radius 2 is 1.69 bits per heavy atom. The van der Waals surface area contributed by atoms with Crippen LogP contribution < -0.4 is 8.92 Å². The van der Waals surface area contributed by atoms with Crippen LogP contribution in [0.4, 0.5) is 17.6 Å². The number of amides is 1. The molecule has 0 spiro atoms. The number of alkyl halides is 3. The van der Waals surface area contributed by atoms with E-state index in [1.54, 1.807) is 12.1 Å². The quantitative estimate of drug-likeness (QED) is 0.182. The van der Waals surface area contributed by atoms with Crippen molar-refractivity contribution in [2.24, 2.45) is 0 Å². The minimum absolute atomic E-state index is 0.0210. The summed E-state index contributed by atoms with van der Waals surface area (Å²) in [5, 5.41) is 0. The van der Waals surface area contributed by atoms with Gasteiger partial charge in [-0.05, 0) is 60.2 Å². The number of nitrogens with zero attached hydrogens (tertiary/aromatic N) is 1. The normalized spacial score (nSPS) is 11.7. The number of carbonyl (C=O) groups is 1. The maximum atomic E-state index is 14.4. The lowest BCUT2D eigenvalue weighted by Crippen LogP contribution is -2.30. The first kappa shape index (κ1) is 27.7. The van der Waals surface area contributed by atoms with E-state index in [9.17, 15) is 30.8 Å². The molecule has 0 bridgehead atoms. The number of ether oxygens (including phenoxy) is 1. The number of rotatable bonds is 9. The highest BCUT2D eigenvalue weighted by Crippen LogP contribution is 2.34. The highest BCUT2D eigenvalue weighted by Gasteiger charge is 2.32. The van der Waals surface area contributed by atoms with Crippen molar-refractivity contribution in [2.45, 2.75) is 24.2 Å². The average molecular weight is 564 g/mol. The van der Waals surface area contributed by atoms with Crippen LogP contribution in [-0.4, -0.2) is 26.3 Å². The Labute approximate surface area is 221 Å². The zero-order valence-electron chi connectivity index (χ0n) is 20.3. The first-order valence-electron chi connectivity index (χ1n) is 11.3.